The summed E-state index contributed by atoms with van der Waals surface area (Å²) < 4.78 is 109. The number of hydrogen-bond acceptors (Lipinski definition) is 24. The average Bonchev–Trinajstić information content (AvgIpc) is 1.60. The van der Waals surface area contributed by atoms with Crippen LogP contribution in [0, 0.1) is 34.9 Å². The number of alkyl halides is 1. The third-order valence-electron chi connectivity index (χ3n) is 14.5. The van der Waals surface area contributed by atoms with E-state index in [9.17, 15) is 45.6 Å². The summed E-state index contributed by atoms with van der Waals surface area (Å²) in [6.07, 6.45) is 6.36. The number of hydrogen-bond donors (Lipinski definition) is 3. The maximum Gasteiger partial charge on any atom is 0.414 e. The van der Waals surface area contributed by atoms with Gasteiger partial charge in [-0.25, -0.2) is 36.0 Å². The van der Waals surface area contributed by atoms with E-state index in [4.69, 9.17) is 53.8 Å². The Morgan fingerprint density at radius 2 is 0.930 bits per heavy atom. The van der Waals surface area contributed by atoms with E-state index in [2.05, 4.69) is 146 Å². The van der Waals surface area contributed by atoms with Crippen LogP contribution in [-0.4, -0.2) is 223 Å². The van der Waals surface area contributed by atoms with Crippen molar-refractivity contribution in [3.05, 3.63) is 155 Å². The molecule has 38 heteroatoms. The third-order valence-corrected chi connectivity index (χ3v) is 18.9. The van der Waals surface area contributed by atoms with Crippen LogP contribution in [0.5, 0.6) is 0 Å². The molecule has 628 valence electrons. The Balaban J connectivity index is 0.000000372. The molecule has 3 N–H and O–H groups in total. The molecule has 0 atom stereocenters. The van der Waals surface area contributed by atoms with Crippen LogP contribution in [0.2, 0.25) is 0 Å². The zero-order chi connectivity index (χ0) is 85.4. The van der Waals surface area contributed by atoms with Gasteiger partial charge in [0.2, 0.25) is 30.0 Å². The maximum atomic E-state index is 12.7. The Kier molecular flexibility index (Phi) is 45.7. The lowest BCUT2D eigenvalue weighted by molar-refractivity contribution is 0.0527. The van der Waals surface area contributed by atoms with Crippen LogP contribution in [0.25, 0.3) is 22.3 Å². The first-order chi connectivity index (χ1) is 53.8. The standard InChI is InChI=1S/C22H27N5O6S.C16H24INO4.C11H14INO2.C11H16INO2.C11H12N4O4S.C5H11BrO2/c1-25-18-19(24-21(25)34(4,30)31)27(22(29)26(2)20(18)28)11-6-8-16-7-5-9-17(15-16)23-10-12-33-14-13-32-3;1-16(2,3)22-15(19)18(8-9-21-11-10-20-4)14-7-5-6-13(17)12-14;1-11(2,3)15-10(14)13-9-6-4-5-8(12)7-9;1-14-7-8-15-6-5-13-11-4-2-3-10(12)9-11;1-5-6-15-8-7(9(16)14(3)11(15)17)13(2)10(12-8)20(4,18)19;1-7-4-5-8-3-2-6/h5,7,9,15,23H,10-14H2,1-4H3;5-7,12H,8-11H2,1-4H3;4-7H,1-3H3,(H,13,14);2-4,9,13H,5-8H2,1H3;1H,6H2,2-4H3;2-5H2,1H3. The molecule has 4 heterocycles. The molecule has 8 aromatic rings. The Morgan fingerprint density at radius 1 is 0.526 bits per heavy atom. The Labute approximate surface area is 715 Å². The smallest absolute Gasteiger partial charge is 0.414 e. The molecule has 0 fully saturated rings. The fourth-order valence-electron chi connectivity index (χ4n) is 9.38. The molecule has 8 rings (SSSR count). The highest BCUT2D eigenvalue weighted by molar-refractivity contribution is 14.1. The summed E-state index contributed by atoms with van der Waals surface area (Å²) >= 11 is 9.94. The number of methoxy groups -OCH3 is 4. The molecule has 32 nitrogen and oxygen atoms in total. The largest absolute Gasteiger partial charge is 0.444 e. The van der Waals surface area contributed by atoms with E-state index in [1.165, 1.54) is 40.9 Å². The summed E-state index contributed by atoms with van der Waals surface area (Å²) in [5.41, 5.74) is 0.739. The van der Waals surface area contributed by atoms with Crippen molar-refractivity contribution in [2.45, 2.75) is 76.1 Å². The molecule has 0 saturated carbocycles. The van der Waals surface area contributed by atoms with Crippen LogP contribution >= 0.6 is 83.7 Å². The second kappa shape index (κ2) is 51.7. The van der Waals surface area contributed by atoms with Gasteiger partial charge in [-0.05, 0) is 182 Å². The molecule has 0 radical (unpaired) electrons. The number of aromatic nitrogens is 8. The number of aryl methyl sites for hydroxylation is 2. The normalized spacial score (nSPS) is 11.1. The molecule has 4 aromatic heterocycles. The van der Waals surface area contributed by atoms with Gasteiger partial charge in [0.1, 0.15) is 11.2 Å². The van der Waals surface area contributed by atoms with E-state index in [0.29, 0.717) is 85.8 Å². The van der Waals surface area contributed by atoms with Crippen molar-refractivity contribution in [1.82, 2.24) is 37.4 Å². The first-order valence-electron chi connectivity index (χ1n) is 35.1. The fourth-order valence-corrected chi connectivity index (χ4v) is 12.9. The molecule has 4 aromatic carbocycles. The molecule has 0 spiro atoms. The van der Waals surface area contributed by atoms with Gasteiger partial charge in [-0.2, -0.15) is 9.97 Å². The van der Waals surface area contributed by atoms with Gasteiger partial charge in [-0.15, -0.1) is 6.42 Å². The number of fused-ring (bicyclic) bond motifs is 2. The topological polar surface area (TPSA) is 358 Å². The molecule has 0 aliphatic rings. The van der Waals surface area contributed by atoms with E-state index >= 15 is 0 Å². The number of rotatable bonds is 31. The quantitative estimate of drug-likeness (QED) is 0.0158. The highest BCUT2D eigenvalue weighted by atomic mass is 127. The number of halogens is 4. The minimum atomic E-state index is -3.71. The van der Waals surface area contributed by atoms with Gasteiger partial charge in [0.15, 0.2) is 22.3 Å². The van der Waals surface area contributed by atoms with Crippen molar-refractivity contribution in [2.24, 2.45) is 28.2 Å². The van der Waals surface area contributed by atoms with Crippen LogP contribution in [0.4, 0.5) is 32.3 Å². The number of nitrogens with one attached hydrogen (secondary N) is 3. The number of imidazole rings is 2. The summed E-state index contributed by atoms with van der Waals surface area (Å²) in [6.45, 7) is 20.0. The number of amides is 2. The van der Waals surface area contributed by atoms with Crippen LogP contribution in [-0.2, 0) is 108 Å². The summed E-state index contributed by atoms with van der Waals surface area (Å²) in [7, 11) is 4.70. The van der Waals surface area contributed by atoms with Crippen LogP contribution in [0.15, 0.2) is 127 Å². The van der Waals surface area contributed by atoms with Crippen molar-refractivity contribution in [1.29, 1.82) is 0 Å². The minimum absolute atomic E-state index is 0.0165. The van der Waals surface area contributed by atoms with Crippen molar-refractivity contribution in [3.63, 3.8) is 0 Å². The number of terminal acetylenes is 1. The van der Waals surface area contributed by atoms with Gasteiger partial charge < -0.3 is 67.1 Å². The summed E-state index contributed by atoms with van der Waals surface area (Å²) in [4.78, 5) is 82.8. The summed E-state index contributed by atoms with van der Waals surface area (Å²) in [5.74, 6) is 8.19. The van der Waals surface area contributed by atoms with Crippen LogP contribution in [0.1, 0.15) is 47.1 Å². The molecule has 114 heavy (non-hydrogen) atoms. The lowest BCUT2D eigenvalue weighted by atomic mass is 10.2. The van der Waals surface area contributed by atoms with Crippen molar-refractivity contribution in [2.75, 3.05) is 166 Å². The van der Waals surface area contributed by atoms with Crippen molar-refractivity contribution >= 4 is 161 Å². The Morgan fingerprint density at radius 3 is 1.35 bits per heavy atom. The highest BCUT2D eigenvalue weighted by Gasteiger charge is 2.27. The third kappa shape index (κ3) is 36.5. The number of anilines is 4. The van der Waals surface area contributed by atoms with Crippen molar-refractivity contribution in [3.8, 4) is 24.2 Å². The molecule has 0 bridgehead atoms. The van der Waals surface area contributed by atoms with Gasteiger partial charge in [-0.1, -0.05) is 58.0 Å². The van der Waals surface area contributed by atoms with E-state index < -0.39 is 59.5 Å². The molecule has 0 aliphatic heterocycles. The molecular weight excluding hydrogens is 1930 g/mol. The summed E-state index contributed by atoms with van der Waals surface area (Å²) in [6, 6.07) is 31.0. The first-order valence-corrected chi connectivity index (χ1v) is 43.3. The Hall–Kier alpha value is -7.31. The maximum absolute atomic E-state index is 12.7. The number of sulfone groups is 2. The molecule has 2 amide bonds. The lowest BCUT2D eigenvalue weighted by Crippen LogP contribution is -2.39. The molecular formula is C76H104BrI3N12O20S2. The fraction of sp³-hybridized carbons (Fsp3) is 0.474. The van der Waals surface area contributed by atoms with Gasteiger partial charge in [0.05, 0.1) is 98.9 Å². The van der Waals surface area contributed by atoms with Gasteiger partial charge in [0.25, 0.3) is 11.1 Å². The molecule has 0 saturated heterocycles. The zero-order valence-corrected chi connectivity index (χ0v) is 76.8. The van der Waals surface area contributed by atoms with E-state index in [1.807, 2.05) is 120 Å². The van der Waals surface area contributed by atoms with Crippen LogP contribution in [0.3, 0.4) is 0 Å². The number of carbonyl (C=O) groups is 2. The predicted octanol–water partition coefficient (Wildman–Crippen LogP) is 9.18. The van der Waals surface area contributed by atoms with Crippen LogP contribution < -0.4 is 43.3 Å². The SMILES string of the molecule is C#CCn1c(=O)n(C)c(=O)c2c1nc(S(C)(=O)=O)n2C.CC(C)(C)OC(=O)Nc1cccc(I)c1.COCCOCCBr.COCCOCCN(C(=O)OC(C)(C)C)c1cccc(I)c1.COCCOCCNc1cccc(C#CCn2c(=O)n(C)c(=O)c3c2nc(S(C)(=O)=O)n3C)c1.COCCOCCNc1cccc(I)c1. The van der Waals surface area contributed by atoms with Crippen molar-refractivity contribution < 1.29 is 73.8 Å². The Bertz CT molecular complexity index is 4980. The molecule has 0 unspecified atom stereocenters. The zero-order valence-electron chi connectivity index (χ0n) is 67.1. The second-order valence-corrected chi connectivity index (χ2v) is 34.4. The first kappa shape index (κ1) is 101. The lowest BCUT2D eigenvalue weighted by Gasteiger charge is -2.27. The highest BCUT2D eigenvalue weighted by Crippen LogP contribution is 2.22. The number of carbonyl (C=O) groups excluding carboxylic acids is 2. The summed E-state index contributed by atoms with van der Waals surface area (Å²) in [5, 5.41) is 9.52. The molecule has 0 aliphatic carbocycles. The monoisotopic (exact) mass is 2030 g/mol. The van der Waals surface area contributed by atoms with E-state index in [1.54, 1.807) is 33.3 Å². The minimum Gasteiger partial charge on any atom is -0.444 e. The number of benzene rings is 4. The van der Waals surface area contributed by atoms with E-state index in [0.717, 1.165) is 84.7 Å². The number of nitrogens with zero attached hydrogens (tertiary/aromatic N) is 9. The average molecular weight is 2030 g/mol. The van der Waals surface area contributed by atoms with Gasteiger partial charge >= 0.3 is 23.6 Å². The van der Waals surface area contributed by atoms with Gasteiger partial charge in [-0.3, -0.25) is 38.1 Å². The predicted molar refractivity (Wildman–Crippen MR) is 471 cm³/mol. The van der Waals surface area contributed by atoms with Gasteiger partial charge in [0, 0.05) is 127 Å². The van der Waals surface area contributed by atoms with E-state index in [-0.39, 0.29) is 51.8 Å². The second-order valence-electron chi connectivity index (χ2n) is 26.1. The number of ether oxygens (including phenoxy) is 10.